The number of rotatable bonds is 0. The number of piperazine rings is 1. The Balaban J connectivity index is 1.98. The van der Waals surface area contributed by atoms with E-state index in [9.17, 15) is 4.79 Å². The minimum Gasteiger partial charge on any atom is -0.465 e. The first-order valence-electron chi connectivity index (χ1n) is 4.03. The standard InChI is InChI=1S/C7H12N2O3/c10-6(11)9-2-1-8-7(3-9)4-12-5-7/h8H,1-5H2,(H,10,11). The molecule has 0 aliphatic carbocycles. The van der Waals surface area contributed by atoms with Gasteiger partial charge in [-0.3, -0.25) is 0 Å². The normalized spacial score (nSPS) is 26.8. The van der Waals surface area contributed by atoms with E-state index in [1.165, 1.54) is 4.90 Å². The van der Waals surface area contributed by atoms with Gasteiger partial charge in [0.2, 0.25) is 0 Å². The quantitative estimate of drug-likeness (QED) is 0.509. The van der Waals surface area contributed by atoms with Crippen molar-refractivity contribution in [2.75, 3.05) is 32.8 Å². The zero-order chi connectivity index (χ0) is 8.60. The molecule has 2 heterocycles. The fourth-order valence-corrected chi connectivity index (χ4v) is 1.66. The number of ether oxygens (including phenoxy) is 1. The van der Waals surface area contributed by atoms with E-state index in [-0.39, 0.29) is 5.54 Å². The summed E-state index contributed by atoms with van der Waals surface area (Å²) in [5, 5.41) is 12.0. The van der Waals surface area contributed by atoms with Gasteiger partial charge in [-0.15, -0.1) is 0 Å². The number of hydrogen-bond acceptors (Lipinski definition) is 3. The lowest BCUT2D eigenvalue weighted by atomic mass is 9.95. The summed E-state index contributed by atoms with van der Waals surface area (Å²) in [7, 11) is 0. The largest absolute Gasteiger partial charge is 0.465 e. The third-order valence-electron chi connectivity index (χ3n) is 2.40. The smallest absolute Gasteiger partial charge is 0.407 e. The molecule has 0 aromatic heterocycles. The van der Waals surface area contributed by atoms with Crippen molar-refractivity contribution in [1.29, 1.82) is 0 Å². The maximum atomic E-state index is 10.6. The molecule has 0 atom stereocenters. The first kappa shape index (κ1) is 7.82. The van der Waals surface area contributed by atoms with Crippen LogP contribution in [0.25, 0.3) is 0 Å². The average molecular weight is 172 g/mol. The van der Waals surface area contributed by atoms with Crippen molar-refractivity contribution in [2.24, 2.45) is 0 Å². The maximum Gasteiger partial charge on any atom is 0.407 e. The minimum atomic E-state index is -0.831. The molecule has 2 saturated heterocycles. The lowest BCUT2D eigenvalue weighted by Crippen LogP contribution is -2.70. The number of nitrogens with one attached hydrogen (secondary N) is 1. The highest BCUT2D eigenvalue weighted by Gasteiger charge is 2.43. The Morgan fingerprint density at radius 2 is 2.33 bits per heavy atom. The summed E-state index contributed by atoms with van der Waals surface area (Å²) in [6.45, 7) is 3.14. The van der Waals surface area contributed by atoms with E-state index < -0.39 is 6.09 Å². The molecular weight excluding hydrogens is 160 g/mol. The number of carbonyl (C=O) groups is 1. The van der Waals surface area contributed by atoms with Gasteiger partial charge in [0.15, 0.2) is 0 Å². The van der Waals surface area contributed by atoms with Crippen LogP contribution in [-0.2, 0) is 4.74 Å². The number of amides is 1. The molecule has 1 spiro atoms. The first-order valence-corrected chi connectivity index (χ1v) is 4.03. The number of hydrogen-bond donors (Lipinski definition) is 2. The monoisotopic (exact) mass is 172 g/mol. The molecule has 5 nitrogen and oxygen atoms in total. The lowest BCUT2D eigenvalue weighted by molar-refractivity contribution is -0.0960. The zero-order valence-electron chi connectivity index (χ0n) is 6.75. The molecule has 0 aromatic carbocycles. The summed E-state index contributed by atoms with van der Waals surface area (Å²) < 4.78 is 5.06. The maximum absolute atomic E-state index is 10.6. The van der Waals surface area contributed by atoms with Crippen LogP contribution < -0.4 is 5.32 Å². The second-order valence-corrected chi connectivity index (χ2v) is 3.40. The van der Waals surface area contributed by atoms with Crippen molar-refractivity contribution in [1.82, 2.24) is 10.2 Å². The van der Waals surface area contributed by atoms with Gasteiger partial charge in [-0.25, -0.2) is 4.79 Å². The van der Waals surface area contributed by atoms with Gasteiger partial charge in [-0.2, -0.15) is 0 Å². The highest BCUT2D eigenvalue weighted by Crippen LogP contribution is 2.20. The Bertz CT molecular complexity index is 203. The van der Waals surface area contributed by atoms with Crippen molar-refractivity contribution in [3.05, 3.63) is 0 Å². The Hall–Kier alpha value is -0.810. The van der Waals surface area contributed by atoms with E-state index in [2.05, 4.69) is 5.32 Å². The van der Waals surface area contributed by atoms with Crippen LogP contribution in [0.5, 0.6) is 0 Å². The summed E-state index contributed by atoms with van der Waals surface area (Å²) in [5.74, 6) is 0. The molecule has 1 amide bonds. The molecule has 68 valence electrons. The molecule has 12 heavy (non-hydrogen) atoms. The zero-order valence-corrected chi connectivity index (χ0v) is 6.75. The van der Waals surface area contributed by atoms with Crippen LogP contribution in [-0.4, -0.2) is 54.5 Å². The second kappa shape index (κ2) is 2.60. The summed E-state index contributed by atoms with van der Waals surface area (Å²) in [6, 6.07) is 0. The van der Waals surface area contributed by atoms with Crippen molar-refractivity contribution in [2.45, 2.75) is 5.54 Å². The molecule has 2 fully saturated rings. The molecule has 5 heteroatoms. The number of nitrogens with zero attached hydrogens (tertiary/aromatic N) is 1. The topological polar surface area (TPSA) is 61.8 Å². The van der Waals surface area contributed by atoms with E-state index in [1.54, 1.807) is 0 Å². The van der Waals surface area contributed by atoms with Crippen LogP contribution in [0.3, 0.4) is 0 Å². The third-order valence-corrected chi connectivity index (χ3v) is 2.40. The summed E-state index contributed by atoms with van der Waals surface area (Å²) in [6.07, 6.45) is -0.831. The van der Waals surface area contributed by atoms with E-state index in [0.717, 1.165) is 6.54 Å². The minimum absolute atomic E-state index is 0.0728. The van der Waals surface area contributed by atoms with Gasteiger partial charge >= 0.3 is 6.09 Å². The first-order chi connectivity index (χ1) is 5.72. The predicted octanol–water partition coefficient (Wildman–Crippen LogP) is -0.661. The van der Waals surface area contributed by atoms with Gasteiger partial charge in [0.25, 0.3) is 0 Å². The van der Waals surface area contributed by atoms with Gasteiger partial charge < -0.3 is 20.1 Å². The molecule has 0 aromatic rings. The van der Waals surface area contributed by atoms with Gasteiger partial charge in [0, 0.05) is 19.6 Å². The lowest BCUT2D eigenvalue weighted by Gasteiger charge is -2.47. The van der Waals surface area contributed by atoms with E-state index in [0.29, 0.717) is 26.3 Å². The van der Waals surface area contributed by atoms with Crippen LogP contribution in [0.15, 0.2) is 0 Å². The second-order valence-electron chi connectivity index (χ2n) is 3.40. The predicted molar refractivity (Wildman–Crippen MR) is 41.2 cm³/mol. The molecular formula is C7H12N2O3. The van der Waals surface area contributed by atoms with Gasteiger partial charge in [-0.05, 0) is 0 Å². The van der Waals surface area contributed by atoms with Crippen molar-refractivity contribution >= 4 is 6.09 Å². The van der Waals surface area contributed by atoms with E-state index in [4.69, 9.17) is 9.84 Å². The third kappa shape index (κ3) is 1.15. The van der Waals surface area contributed by atoms with Gasteiger partial charge in [0.05, 0.1) is 18.8 Å². The molecule has 0 unspecified atom stereocenters. The van der Waals surface area contributed by atoms with Crippen LogP contribution in [0.2, 0.25) is 0 Å². The fourth-order valence-electron chi connectivity index (χ4n) is 1.66. The molecule has 2 rings (SSSR count). The number of carboxylic acid groups (broad SMARTS) is 1. The Morgan fingerprint density at radius 1 is 1.58 bits per heavy atom. The Morgan fingerprint density at radius 3 is 2.83 bits per heavy atom. The average Bonchev–Trinajstić information content (AvgIpc) is 2.02. The van der Waals surface area contributed by atoms with Crippen LogP contribution in [0.1, 0.15) is 0 Å². The van der Waals surface area contributed by atoms with Crippen LogP contribution >= 0.6 is 0 Å². The summed E-state index contributed by atoms with van der Waals surface area (Å²) in [4.78, 5) is 12.1. The van der Waals surface area contributed by atoms with E-state index in [1.807, 2.05) is 0 Å². The summed E-state index contributed by atoms with van der Waals surface area (Å²) in [5.41, 5.74) is -0.0728. The SMILES string of the molecule is O=C(O)N1CCNC2(COC2)C1. The highest BCUT2D eigenvalue weighted by atomic mass is 16.5. The van der Waals surface area contributed by atoms with Crippen molar-refractivity contribution in [3.8, 4) is 0 Å². The van der Waals surface area contributed by atoms with Gasteiger partial charge in [0.1, 0.15) is 0 Å². The van der Waals surface area contributed by atoms with E-state index >= 15 is 0 Å². The molecule has 2 aliphatic heterocycles. The molecule has 2 N–H and O–H groups in total. The molecule has 0 bridgehead atoms. The Labute approximate surface area is 70.3 Å². The molecule has 2 aliphatic rings. The molecule has 0 saturated carbocycles. The summed E-state index contributed by atoms with van der Waals surface area (Å²) >= 11 is 0. The van der Waals surface area contributed by atoms with Crippen molar-refractivity contribution < 1.29 is 14.6 Å². The fraction of sp³-hybridized carbons (Fsp3) is 0.857. The molecule has 0 radical (unpaired) electrons. The van der Waals surface area contributed by atoms with Gasteiger partial charge in [-0.1, -0.05) is 0 Å². The Kier molecular flexibility index (Phi) is 1.69. The highest BCUT2D eigenvalue weighted by molar-refractivity contribution is 5.65. The van der Waals surface area contributed by atoms with Crippen molar-refractivity contribution in [3.63, 3.8) is 0 Å². The van der Waals surface area contributed by atoms with Crippen LogP contribution in [0.4, 0.5) is 4.79 Å². The van der Waals surface area contributed by atoms with Crippen LogP contribution in [0, 0.1) is 0 Å².